The lowest BCUT2D eigenvalue weighted by Gasteiger charge is -2.12. The normalized spacial score (nSPS) is 11.1. The van der Waals surface area contributed by atoms with Crippen molar-refractivity contribution in [2.45, 2.75) is 25.3 Å². The maximum atomic E-state index is 13.0. The number of aryl methyl sites for hydroxylation is 2. The molecule has 2 aromatic carbocycles. The van der Waals surface area contributed by atoms with Gasteiger partial charge in [0, 0.05) is 17.4 Å². The minimum Gasteiger partial charge on any atom is -0.346 e. The molecule has 0 radical (unpaired) electrons. The quantitative estimate of drug-likeness (QED) is 0.647. The number of hydrogen-bond donors (Lipinski definition) is 2. The number of carbonyl (C=O) groups is 1. The summed E-state index contributed by atoms with van der Waals surface area (Å²) in [6.45, 7) is 3.86. The summed E-state index contributed by atoms with van der Waals surface area (Å²) in [4.78, 5) is 16.8. The van der Waals surface area contributed by atoms with Crippen LogP contribution in [-0.4, -0.2) is 19.3 Å². The van der Waals surface area contributed by atoms with Crippen LogP contribution in [0.3, 0.4) is 0 Å². The molecular formula is C21H20FN3O3S. The number of nitrogens with zero attached hydrogens (tertiary/aromatic N) is 1. The Morgan fingerprint density at radius 2 is 1.76 bits per heavy atom. The predicted molar refractivity (Wildman–Crippen MR) is 109 cm³/mol. The topological polar surface area (TPSA) is 88.2 Å². The number of hydrogen-bond acceptors (Lipinski definition) is 4. The van der Waals surface area contributed by atoms with Crippen molar-refractivity contribution in [1.29, 1.82) is 0 Å². The van der Waals surface area contributed by atoms with Crippen LogP contribution in [-0.2, 0) is 16.6 Å². The molecule has 0 bridgehead atoms. The van der Waals surface area contributed by atoms with Crippen molar-refractivity contribution < 1.29 is 17.6 Å². The second-order valence-electron chi connectivity index (χ2n) is 6.54. The van der Waals surface area contributed by atoms with Gasteiger partial charge in [-0.15, -0.1) is 0 Å². The molecule has 1 aromatic heterocycles. The van der Waals surface area contributed by atoms with Gasteiger partial charge in [0.25, 0.3) is 15.9 Å². The zero-order valence-corrected chi connectivity index (χ0v) is 16.8. The Balaban J connectivity index is 1.80. The van der Waals surface area contributed by atoms with Gasteiger partial charge in [-0.1, -0.05) is 12.1 Å². The van der Waals surface area contributed by atoms with E-state index in [0.29, 0.717) is 5.56 Å². The van der Waals surface area contributed by atoms with Gasteiger partial charge in [0.05, 0.1) is 17.1 Å². The molecule has 8 heteroatoms. The first-order valence-corrected chi connectivity index (χ1v) is 10.3. The standard InChI is InChI=1S/C21H20FN3O3S/c1-14-5-10-18(29(27,28)25-17-8-6-16(22)7-9-17)12-19(14)21(26)24-13-20-15(2)4-3-11-23-20/h3-12,25H,13H2,1-2H3,(H,24,26). The molecule has 1 heterocycles. The second-order valence-corrected chi connectivity index (χ2v) is 8.22. The minimum absolute atomic E-state index is 0.0633. The number of amides is 1. The summed E-state index contributed by atoms with van der Waals surface area (Å²) in [6, 6.07) is 13.0. The molecule has 6 nitrogen and oxygen atoms in total. The van der Waals surface area contributed by atoms with Gasteiger partial charge >= 0.3 is 0 Å². The smallest absolute Gasteiger partial charge is 0.261 e. The Bertz CT molecular complexity index is 1150. The van der Waals surface area contributed by atoms with Crippen LogP contribution >= 0.6 is 0 Å². The summed E-state index contributed by atoms with van der Waals surface area (Å²) >= 11 is 0. The van der Waals surface area contributed by atoms with E-state index in [4.69, 9.17) is 0 Å². The number of halogens is 1. The summed E-state index contributed by atoms with van der Waals surface area (Å²) in [6.07, 6.45) is 1.65. The van der Waals surface area contributed by atoms with Crippen molar-refractivity contribution >= 4 is 21.6 Å². The van der Waals surface area contributed by atoms with Crippen LogP contribution in [0, 0.1) is 19.7 Å². The fourth-order valence-electron chi connectivity index (χ4n) is 2.71. The zero-order chi connectivity index (χ0) is 21.0. The van der Waals surface area contributed by atoms with Crippen LogP contribution in [0.25, 0.3) is 0 Å². The Labute approximate surface area is 168 Å². The van der Waals surface area contributed by atoms with Crippen molar-refractivity contribution in [2.24, 2.45) is 0 Å². The maximum Gasteiger partial charge on any atom is 0.261 e. The number of sulfonamides is 1. The molecule has 3 rings (SSSR count). The third-order valence-electron chi connectivity index (χ3n) is 4.39. The number of carbonyl (C=O) groups excluding carboxylic acids is 1. The third-order valence-corrected chi connectivity index (χ3v) is 5.77. The molecule has 3 aromatic rings. The fraction of sp³-hybridized carbons (Fsp3) is 0.143. The first kappa shape index (κ1) is 20.5. The number of anilines is 1. The molecule has 1 amide bonds. The number of rotatable bonds is 6. The molecule has 150 valence electrons. The van der Waals surface area contributed by atoms with Gasteiger partial charge in [-0.05, 0) is 67.4 Å². The van der Waals surface area contributed by atoms with Crippen LogP contribution in [0.15, 0.2) is 65.7 Å². The summed E-state index contributed by atoms with van der Waals surface area (Å²) < 4.78 is 40.7. The van der Waals surface area contributed by atoms with Gasteiger partial charge in [0.15, 0.2) is 0 Å². The van der Waals surface area contributed by atoms with Gasteiger partial charge in [0.1, 0.15) is 5.82 Å². The number of benzene rings is 2. The highest BCUT2D eigenvalue weighted by atomic mass is 32.2. The summed E-state index contributed by atoms with van der Waals surface area (Å²) in [5.41, 5.74) is 2.80. The number of nitrogens with one attached hydrogen (secondary N) is 2. The van der Waals surface area contributed by atoms with Crippen molar-refractivity contribution in [3.63, 3.8) is 0 Å². The van der Waals surface area contributed by atoms with Crippen LogP contribution in [0.4, 0.5) is 10.1 Å². The highest BCUT2D eigenvalue weighted by Gasteiger charge is 2.18. The van der Waals surface area contributed by atoms with Gasteiger partial charge in [-0.3, -0.25) is 14.5 Å². The summed E-state index contributed by atoms with van der Waals surface area (Å²) in [5, 5.41) is 2.77. The van der Waals surface area contributed by atoms with E-state index in [0.717, 1.165) is 23.4 Å². The Morgan fingerprint density at radius 1 is 1.03 bits per heavy atom. The lowest BCUT2D eigenvalue weighted by Crippen LogP contribution is -2.25. The van der Waals surface area contributed by atoms with Crippen molar-refractivity contribution in [1.82, 2.24) is 10.3 Å². The van der Waals surface area contributed by atoms with E-state index in [9.17, 15) is 17.6 Å². The monoisotopic (exact) mass is 413 g/mol. The SMILES string of the molecule is Cc1ccc(S(=O)(=O)Nc2ccc(F)cc2)cc1C(=O)NCc1ncccc1C. The molecule has 0 aliphatic rings. The van der Waals surface area contributed by atoms with E-state index in [2.05, 4.69) is 15.0 Å². The Kier molecular flexibility index (Phi) is 5.93. The molecule has 0 saturated carbocycles. The van der Waals surface area contributed by atoms with E-state index >= 15 is 0 Å². The van der Waals surface area contributed by atoms with E-state index in [1.54, 1.807) is 19.2 Å². The predicted octanol–water partition coefficient (Wildman–Crippen LogP) is 3.57. The summed E-state index contributed by atoms with van der Waals surface area (Å²) in [7, 11) is -3.94. The Hall–Kier alpha value is -3.26. The van der Waals surface area contributed by atoms with Crippen molar-refractivity contribution in [2.75, 3.05) is 4.72 Å². The third kappa shape index (κ3) is 4.97. The van der Waals surface area contributed by atoms with E-state index in [-0.39, 0.29) is 22.7 Å². The lowest BCUT2D eigenvalue weighted by molar-refractivity contribution is 0.0949. The van der Waals surface area contributed by atoms with Crippen LogP contribution in [0.1, 0.15) is 27.2 Å². The molecule has 0 saturated heterocycles. The van der Waals surface area contributed by atoms with Gasteiger partial charge in [-0.25, -0.2) is 12.8 Å². The molecule has 0 aliphatic heterocycles. The largest absolute Gasteiger partial charge is 0.346 e. The van der Waals surface area contributed by atoms with Crippen molar-refractivity contribution in [3.05, 3.63) is 89.0 Å². The highest BCUT2D eigenvalue weighted by Crippen LogP contribution is 2.20. The van der Waals surface area contributed by atoms with Crippen molar-refractivity contribution in [3.8, 4) is 0 Å². The molecule has 0 atom stereocenters. The Morgan fingerprint density at radius 3 is 2.45 bits per heavy atom. The second kappa shape index (κ2) is 8.40. The first-order valence-electron chi connectivity index (χ1n) is 8.84. The molecule has 0 fully saturated rings. The number of pyridine rings is 1. The molecule has 0 spiro atoms. The molecule has 2 N–H and O–H groups in total. The average Bonchev–Trinajstić information content (AvgIpc) is 2.69. The van der Waals surface area contributed by atoms with E-state index in [1.807, 2.05) is 19.1 Å². The highest BCUT2D eigenvalue weighted by molar-refractivity contribution is 7.92. The van der Waals surface area contributed by atoms with Gasteiger partial charge in [-0.2, -0.15) is 0 Å². The first-order chi connectivity index (χ1) is 13.8. The molecular weight excluding hydrogens is 393 g/mol. The fourth-order valence-corrected chi connectivity index (χ4v) is 3.79. The minimum atomic E-state index is -3.94. The van der Waals surface area contributed by atoms with Crippen LogP contribution in [0.5, 0.6) is 0 Å². The lowest BCUT2D eigenvalue weighted by atomic mass is 10.1. The zero-order valence-electron chi connectivity index (χ0n) is 15.9. The molecule has 0 aliphatic carbocycles. The van der Waals surface area contributed by atoms with E-state index in [1.165, 1.54) is 24.3 Å². The summed E-state index contributed by atoms with van der Waals surface area (Å²) in [5.74, 6) is -0.864. The van der Waals surface area contributed by atoms with Gasteiger partial charge in [0.2, 0.25) is 0 Å². The number of aromatic nitrogens is 1. The van der Waals surface area contributed by atoms with E-state index < -0.39 is 21.7 Å². The van der Waals surface area contributed by atoms with Crippen LogP contribution in [0.2, 0.25) is 0 Å². The average molecular weight is 413 g/mol. The van der Waals surface area contributed by atoms with Gasteiger partial charge < -0.3 is 5.32 Å². The maximum absolute atomic E-state index is 13.0. The molecule has 0 unspecified atom stereocenters. The molecule has 29 heavy (non-hydrogen) atoms. The van der Waals surface area contributed by atoms with Crippen LogP contribution < -0.4 is 10.0 Å².